The second-order valence-corrected chi connectivity index (χ2v) is 5.96. The average Bonchev–Trinajstić information content (AvgIpc) is 2.87. The van der Waals surface area contributed by atoms with Crippen molar-refractivity contribution in [1.82, 2.24) is 20.4 Å². The van der Waals surface area contributed by atoms with Gasteiger partial charge in [-0.2, -0.15) is 0 Å². The molecule has 6 nitrogen and oxygen atoms in total. The van der Waals surface area contributed by atoms with E-state index in [0.29, 0.717) is 12.6 Å². The van der Waals surface area contributed by atoms with Crippen LogP contribution in [0.2, 0.25) is 0 Å². The molecule has 0 unspecified atom stereocenters. The lowest BCUT2D eigenvalue weighted by atomic mass is 10.1. The normalized spacial score (nSPS) is 20.4. The van der Waals surface area contributed by atoms with Gasteiger partial charge >= 0.3 is 6.03 Å². The SMILES string of the molecule is CCC(CC)NC(=O)CN1CCN(C2CCNCC2)C1=O. The quantitative estimate of drug-likeness (QED) is 0.761. The third-order valence-corrected chi connectivity index (χ3v) is 4.56. The molecular weight excluding hydrogens is 268 g/mol. The fourth-order valence-electron chi connectivity index (χ4n) is 3.14. The molecule has 6 heteroatoms. The zero-order chi connectivity index (χ0) is 15.2. The molecule has 0 atom stereocenters. The first-order valence-corrected chi connectivity index (χ1v) is 8.21. The van der Waals surface area contributed by atoms with Gasteiger partial charge in [-0.15, -0.1) is 0 Å². The maximum atomic E-state index is 12.4. The third-order valence-electron chi connectivity index (χ3n) is 4.56. The minimum absolute atomic E-state index is 0.0293. The molecule has 2 fully saturated rings. The molecule has 0 saturated carbocycles. The van der Waals surface area contributed by atoms with Crippen LogP contribution in [0.1, 0.15) is 39.5 Å². The number of hydrogen-bond donors (Lipinski definition) is 2. The predicted octanol–water partition coefficient (Wildman–Crippen LogP) is 0.781. The second-order valence-electron chi connectivity index (χ2n) is 5.96. The summed E-state index contributed by atoms with van der Waals surface area (Å²) < 4.78 is 0. The van der Waals surface area contributed by atoms with Gasteiger partial charge in [0, 0.05) is 25.2 Å². The Labute approximate surface area is 127 Å². The van der Waals surface area contributed by atoms with Gasteiger partial charge in [-0.1, -0.05) is 13.8 Å². The minimum atomic E-state index is -0.0378. The molecule has 0 spiro atoms. The van der Waals surface area contributed by atoms with Crippen LogP contribution in [-0.2, 0) is 4.79 Å². The van der Waals surface area contributed by atoms with Crippen molar-refractivity contribution in [2.75, 3.05) is 32.7 Å². The lowest BCUT2D eigenvalue weighted by molar-refractivity contribution is -0.122. The minimum Gasteiger partial charge on any atom is -0.352 e. The number of nitrogens with one attached hydrogen (secondary N) is 2. The van der Waals surface area contributed by atoms with Crippen LogP contribution in [0, 0.1) is 0 Å². The molecule has 2 aliphatic heterocycles. The van der Waals surface area contributed by atoms with Crippen molar-refractivity contribution in [3.63, 3.8) is 0 Å². The van der Waals surface area contributed by atoms with Crippen LogP contribution < -0.4 is 10.6 Å². The Kier molecular flexibility index (Phi) is 5.85. The smallest absolute Gasteiger partial charge is 0.320 e. The van der Waals surface area contributed by atoms with Gasteiger partial charge in [0.25, 0.3) is 0 Å². The highest BCUT2D eigenvalue weighted by atomic mass is 16.2. The summed E-state index contributed by atoms with van der Waals surface area (Å²) in [6, 6.07) is 0.586. The number of carbonyl (C=O) groups is 2. The topological polar surface area (TPSA) is 64.7 Å². The number of nitrogens with zero attached hydrogens (tertiary/aromatic N) is 2. The molecule has 2 heterocycles. The second kappa shape index (κ2) is 7.64. The van der Waals surface area contributed by atoms with Crippen molar-refractivity contribution in [3.05, 3.63) is 0 Å². The first-order valence-electron chi connectivity index (χ1n) is 8.21. The van der Waals surface area contributed by atoms with Crippen LogP contribution in [0.4, 0.5) is 4.79 Å². The van der Waals surface area contributed by atoms with Crippen LogP contribution in [0.25, 0.3) is 0 Å². The number of urea groups is 1. The van der Waals surface area contributed by atoms with Crippen molar-refractivity contribution >= 4 is 11.9 Å². The van der Waals surface area contributed by atoms with Crippen molar-refractivity contribution in [3.8, 4) is 0 Å². The van der Waals surface area contributed by atoms with Gasteiger partial charge < -0.3 is 20.4 Å². The Balaban J connectivity index is 1.82. The number of hydrogen-bond acceptors (Lipinski definition) is 3. The zero-order valence-corrected chi connectivity index (χ0v) is 13.2. The predicted molar refractivity (Wildman–Crippen MR) is 82.1 cm³/mol. The molecule has 0 aromatic carbocycles. The fourth-order valence-corrected chi connectivity index (χ4v) is 3.14. The summed E-state index contributed by atoms with van der Waals surface area (Å²) in [5, 5.41) is 6.31. The van der Waals surface area contributed by atoms with E-state index in [-0.39, 0.29) is 24.5 Å². The van der Waals surface area contributed by atoms with E-state index < -0.39 is 0 Å². The Hall–Kier alpha value is -1.30. The summed E-state index contributed by atoms with van der Waals surface area (Å²) in [5.74, 6) is -0.0378. The maximum absolute atomic E-state index is 12.4. The number of carbonyl (C=O) groups excluding carboxylic acids is 2. The van der Waals surface area contributed by atoms with E-state index in [1.54, 1.807) is 4.90 Å². The Bertz CT molecular complexity index is 365. The van der Waals surface area contributed by atoms with Gasteiger partial charge in [0.15, 0.2) is 0 Å². The van der Waals surface area contributed by atoms with Crippen LogP contribution >= 0.6 is 0 Å². The molecule has 2 saturated heterocycles. The van der Waals surface area contributed by atoms with E-state index >= 15 is 0 Å². The highest BCUT2D eigenvalue weighted by Crippen LogP contribution is 2.18. The summed E-state index contributed by atoms with van der Waals surface area (Å²) in [4.78, 5) is 28.1. The van der Waals surface area contributed by atoms with Crippen molar-refractivity contribution < 1.29 is 9.59 Å². The van der Waals surface area contributed by atoms with Gasteiger partial charge in [-0.25, -0.2) is 4.79 Å². The molecule has 0 aliphatic carbocycles. The maximum Gasteiger partial charge on any atom is 0.320 e. The van der Waals surface area contributed by atoms with E-state index in [0.717, 1.165) is 45.3 Å². The summed E-state index contributed by atoms with van der Waals surface area (Å²) in [5.41, 5.74) is 0. The van der Waals surface area contributed by atoms with Gasteiger partial charge in [0.2, 0.25) is 5.91 Å². The molecule has 2 N–H and O–H groups in total. The van der Waals surface area contributed by atoms with E-state index in [4.69, 9.17) is 0 Å². The summed E-state index contributed by atoms with van der Waals surface area (Å²) in [7, 11) is 0. The van der Waals surface area contributed by atoms with E-state index in [2.05, 4.69) is 24.5 Å². The summed E-state index contributed by atoms with van der Waals surface area (Å²) >= 11 is 0. The standard InChI is InChI=1S/C15H28N4O2/c1-3-12(4-2)17-14(20)11-18-9-10-19(15(18)21)13-5-7-16-8-6-13/h12-13,16H,3-11H2,1-2H3,(H,17,20). The summed E-state index contributed by atoms with van der Waals surface area (Å²) in [6.07, 6.45) is 3.88. The van der Waals surface area contributed by atoms with Crippen molar-refractivity contribution in [1.29, 1.82) is 0 Å². The molecule has 0 radical (unpaired) electrons. The molecule has 0 bridgehead atoms. The fraction of sp³-hybridized carbons (Fsp3) is 0.867. The molecule has 3 amide bonds. The first-order chi connectivity index (χ1) is 10.2. The van der Waals surface area contributed by atoms with Gasteiger partial charge in [0.05, 0.1) is 0 Å². The molecule has 21 heavy (non-hydrogen) atoms. The molecule has 2 rings (SSSR count). The van der Waals surface area contributed by atoms with Crippen molar-refractivity contribution in [2.45, 2.75) is 51.6 Å². The van der Waals surface area contributed by atoms with Gasteiger partial charge in [0.1, 0.15) is 6.54 Å². The molecule has 2 aliphatic rings. The average molecular weight is 296 g/mol. The zero-order valence-electron chi connectivity index (χ0n) is 13.2. The van der Waals surface area contributed by atoms with Gasteiger partial charge in [-0.3, -0.25) is 4.79 Å². The Morgan fingerprint density at radius 1 is 1.29 bits per heavy atom. The van der Waals surface area contributed by atoms with Crippen LogP contribution in [0.5, 0.6) is 0 Å². The highest BCUT2D eigenvalue weighted by molar-refractivity contribution is 5.85. The molecule has 120 valence electrons. The Morgan fingerprint density at radius 2 is 1.95 bits per heavy atom. The first kappa shape index (κ1) is 16.1. The molecular formula is C15H28N4O2. The van der Waals surface area contributed by atoms with E-state index in [1.165, 1.54) is 0 Å². The van der Waals surface area contributed by atoms with Crippen LogP contribution in [0.3, 0.4) is 0 Å². The number of amides is 3. The number of piperidine rings is 1. The summed E-state index contributed by atoms with van der Waals surface area (Å²) in [6.45, 7) is 7.69. The largest absolute Gasteiger partial charge is 0.352 e. The Morgan fingerprint density at radius 3 is 2.57 bits per heavy atom. The highest BCUT2D eigenvalue weighted by Gasteiger charge is 2.34. The monoisotopic (exact) mass is 296 g/mol. The molecule has 0 aromatic rings. The molecule has 0 aromatic heterocycles. The lowest BCUT2D eigenvalue weighted by Crippen LogP contribution is -2.47. The van der Waals surface area contributed by atoms with Gasteiger partial charge in [-0.05, 0) is 38.8 Å². The van der Waals surface area contributed by atoms with Crippen LogP contribution in [0.15, 0.2) is 0 Å². The van der Waals surface area contributed by atoms with Crippen molar-refractivity contribution in [2.24, 2.45) is 0 Å². The third kappa shape index (κ3) is 4.09. The van der Waals surface area contributed by atoms with Crippen LogP contribution in [-0.4, -0.2) is 66.5 Å². The van der Waals surface area contributed by atoms with E-state index in [9.17, 15) is 9.59 Å². The number of rotatable bonds is 6. The lowest BCUT2D eigenvalue weighted by Gasteiger charge is -2.31. The van der Waals surface area contributed by atoms with E-state index in [1.807, 2.05) is 4.90 Å².